The van der Waals surface area contributed by atoms with Gasteiger partial charge in [-0.1, -0.05) is 50.1 Å². The number of halogens is 3. The Bertz CT molecular complexity index is 561. The van der Waals surface area contributed by atoms with E-state index >= 15 is 0 Å². The molecule has 1 unspecified atom stereocenters. The summed E-state index contributed by atoms with van der Waals surface area (Å²) in [5.41, 5.74) is 4.67. The fourth-order valence-electron chi connectivity index (χ4n) is 1.89. The second kappa shape index (κ2) is 5.54. The summed E-state index contributed by atoms with van der Waals surface area (Å²) in [6, 6.07) is 10.9. The minimum Gasteiger partial charge on any atom is -0.207 e. The summed E-state index contributed by atoms with van der Waals surface area (Å²) < 4.78 is 14.0. The first-order chi connectivity index (χ1) is 8.49. The van der Waals surface area contributed by atoms with E-state index in [2.05, 4.69) is 57.8 Å². The maximum absolute atomic E-state index is 12.9. The summed E-state index contributed by atoms with van der Waals surface area (Å²) in [6.45, 7) is 4.15. The third-order valence-corrected chi connectivity index (χ3v) is 4.86. The Labute approximate surface area is 123 Å². The van der Waals surface area contributed by atoms with E-state index in [0.29, 0.717) is 0 Å². The number of benzene rings is 2. The number of alkyl halides is 1. The van der Waals surface area contributed by atoms with Crippen LogP contribution in [0.2, 0.25) is 0 Å². The minimum absolute atomic E-state index is 0.0879. The smallest absolute Gasteiger partial charge is 0.123 e. The molecule has 0 heterocycles. The molecule has 2 rings (SSSR count). The highest BCUT2D eigenvalue weighted by Gasteiger charge is 2.14. The fraction of sp³-hybridized carbons (Fsp3) is 0.200. The first kappa shape index (κ1) is 13.8. The van der Waals surface area contributed by atoms with Crippen LogP contribution in [0.25, 0.3) is 0 Å². The Morgan fingerprint density at radius 3 is 2.22 bits per heavy atom. The van der Waals surface area contributed by atoms with Crippen molar-refractivity contribution in [3.05, 3.63) is 68.9 Å². The molecule has 0 aliphatic heterocycles. The second-order valence-corrected chi connectivity index (χ2v) is 6.14. The molecular formula is C15H13Br2F. The van der Waals surface area contributed by atoms with Gasteiger partial charge < -0.3 is 0 Å². The van der Waals surface area contributed by atoms with Crippen molar-refractivity contribution in [1.82, 2.24) is 0 Å². The highest BCUT2D eigenvalue weighted by Crippen LogP contribution is 2.35. The van der Waals surface area contributed by atoms with Crippen LogP contribution in [0.1, 0.15) is 27.1 Å². The molecule has 0 N–H and O–H groups in total. The lowest BCUT2D eigenvalue weighted by atomic mass is 9.98. The van der Waals surface area contributed by atoms with Gasteiger partial charge in [-0.15, -0.1) is 0 Å². The van der Waals surface area contributed by atoms with Gasteiger partial charge in [0.2, 0.25) is 0 Å². The van der Waals surface area contributed by atoms with Crippen LogP contribution in [-0.4, -0.2) is 0 Å². The largest absolute Gasteiger partial charge is 0.207 e. The molecule has 0 saturated heterocycles. The van der Waals surface area contributed by atoms with Gasteiger partial charge in [0.05, 0.1) is 4.83 Å². The van der Waals surface area contributed by atoms with Crippen LogP contribution >= 0.6 is 31.9 Å². The van der Waals surface area contributed by atoms with Crippen molar-refractivity contribution in [3.8, 4) is 0 Å². The van der Waals surface area contributed by atoms with Gasteiger partial charge >= 0.3 is 0 Å². The highest BCUT2D eigenvalue weighted by molar-refractivity contribution is 9.10. The third-order valence-electron chi connectivity index (χ3n) is 2.98. The fourth-order valence-corrected chi connectivity index (χ4v) is 3.14. The number of rotatable bonds is 2. The summed E-state index contributed by atoms with van der Waals surface area (Å²) in [6.07, 6.45) is 0. The lowest BCUT2D eigenvalue weighted by Crippen LogP contribution is -1.97. The summed E-state index contributed by atoms with van der Waals surface area (Å²) in [5.74, 6) is -0.206. The number of hydrogen-bond acceptors (Lipinski definition) is 0. The van der Waals surface area contributed by atoms with Gasteiger partial charge in [-0.05, 0) is 54.3 Å². The normalized spacial score (nSPS) is 12.5. The topological polar surface area (TPSA) is 0 Å². The Kier molecular flexibility index (Phi) is 4.23. The van der Waals surface area contributed by atoms with Crippen LogP contribution in [0.5, 0.6) is 0 Å². The molecule has 0 fully saturated rings. The van der Waals surface area contributed by atoms with Crippen LogP contribution < -0.4 is 0 Å². The van der Waals surface area contributed by atoms with E-state index in [1.165, 1.54) is 28.8 Å². The van der Waals surface area contributed by atoms with Crippen molar-refractivity contribution >= 4 is 31.9 Å². The molecule has 0 bridgehead atoms. The molecule has 2 aromatic rings. The van der Waals surface area contributed by atoms with Crippen molar-refractivity contribution in [1.29, 1.82) is 0 Å². The molecule has 3 heteroatoms. The Morgan fingerprint density at radius 1 is 1.00 bits per heavy atom. The molecule has 0 aromatic heterocycles. The molecule has 0 radical (unpaired) electrons. The van der Waals surface area contributed by atoms with Gasteiger partial charge in [-0.3, -0.25) is 0 Å². The molecule has 2 aromatic carbocycles. The van der Waals surface area contributed by atoms with E-state index in [1.807, 2.05) is 12.1 Å². The van der Waals surface area contributed by atoms with E-state index in [0.717, 1.165) is 10.0 Å². The molecule has 0 aliphatic carbocycles. The quantitative estimate of drug-likeness (QED) is 0.595. The van der Waals surface area contributed by atoms with Gasteiger partial charge in [0.25, 0.3) is 0 Å². The monoisotopic (exact) mass is 370 g/mol. The summed E-state index contributed by atoms with van der Waals surface area (Å²) in [7, 11) is 0. The third kappa shape index (κ3) is 2.83. The zero-order valence-electron chi connectivity index (χ0n) is 10.2. The van der Waals surface area contributed by atoms with E-state index in [4.69, 9.17) is 0 Å². The first-order valence-corrected chi connectivity index (χ1v) is 7.36. The molecule has 1 atom stereocenters. The van der Waals surface area contributed by atoms with E-state index in [9.17, 15) is 4.39 Å². The zero-order valence-corrected chi connectivity index (χ0v) is 13.3. The molecular weight excluding hydrogens is 359 g/mol. The Balaban J connectivity index is 2.42. The predicted molar refractivity (Wildman–Crippen MR) is 80.8 cm³/mol. The Morgan fingerprint density at radius 2 is 1.61 bits per heavy atom. The highest BCUT2D eigenvalue weighted by atomic mass is 79.9. The van der Waals surface area contributed by atoms with Gasteiger partial charge in [0.15, 0.2) is 0 Å². The van der Waals surface area contributed by atoms with Gasteiger partial charge in [-0.2, -0.15) is 0 Å². The molecule has 0 amide bonds. The summed E-state index contributed by atoms with van der Waals surface area (Å²) in [4.78, 5) is 0.0879. The molecule has 0 saturated carbocycles. The van der Waals surface area contributed by atoms with Crippen LogP contribution in [0, 0.1) is 19.7 Å². The average molecular weight is 372 g/mol. The molecule has 94 valence electrons. The van der Waals surface area contributed by atoms with E-state index < -0.39 is 0 Å². The van der Waals surface area contributed by atoms with Crippen molar-refractivity contribution in [2.45, 2.75) is 18.7 Å². The maximum atomic E-state index is 12.9. The van der Waals surface area contributed by atoms with Crippen molar-refractivity contribution in [2.75, 3.05) is 0 Å². The van der Waals surface area contributed by atoms with Crippen LogP contribution in [-0.2, 0) is 0 Å². The average Bonchev–Trinajstić information content (AvgIpc) is 2.34. The summed E-state index contributed by atoms with van der Waals surface area (Å²) >= 11 is 7.22. The first-order valence-electron chi connectivity index (χ1n) is 5.65. The number of hydrogen-bond donors (Lipinski definition) is 0. The van der Waals surface area contributed by atoms with E-state index in [-0.39, 0.29) is 10.6 Å². The van der Waals surface area contributed by atoms with Crippen LogP contribution in [0.15, 0.2) is 40.9 Å². The minimum atomic E-state index is -0.206. The maximum Gasteiger partial charge on any atom is 0.123 e. The molecule has 0 aliphatic rings. The molecule has 0 spiro atoms. The standard InChI is InChI=1S/C15H13Br2F/c1-9-8-14(16)10(2)7-13(9)15(17)11-3-5-12(18)6-4-11/h3-8,15H,1-2H3. The van der Waals surface area contributed by atoms with Crippen LogP contribution in [0.4, 0.5) is 4.39 Å². The Hall–Kier alpha value is -0.670. The predicted octanol–water partition coefficient (Wildman–Crippen LogP) is 5.69. The molecule has 18 heavy (non-hydrogen) atoms. The van der Waals surface area contributed by atoms with Crippen molar-refractivity contribution in [3.63, 3.8) is 0 Å². The lowest BCUT2D eigenvalue weighted by molar-refractivity contribution is 0.627. The zero-order chi connectivity index (χ0) is 13.3. The van der Waals surface area contributed by atoms with E-state index in [1.54, 1.807) is 0 Å². The van der Waals surface area contributed by atoms with Crippen LogP contribution in [0.3, 0.4) is 0 Å². The van der Waals surface area contributed by atoms with Crippen molar-refractivity contribution < 1.29 is 4.39 Å². The second-order valence-electron chi connectivity index (χ2n) is 4.37. The SMILES string of the molecule is Cc1cc(C(Br)c2ccc(F)cc2)c(C)cc1Br. The van der Waals surface area contributed by atoms with Crippen molar-refractivity contribution in [2.24, 2.45) is 0 Å². The lowest BCUT2D eigenvalue weighted by Gasteiger charge is -2.15. The van der Waals surface area contributed by atoms with Gasteiger partial charge in [0.1, 0.15) is 5.82 Å². The summed E-state index contributed by atoms with van der Waals surface area (Å²) in [5, 5.41) is 0. The number of aryl methyl sites for hydroxylation is 2. The molecule has 0 nitrogen and oxygen atoms in total. The van der Waals surface area contributed by atoms with Gasteiger partial charge in [0, 0.05) is 4.47 Å². The van der Waals surface area contributed by atoms with Gasteiger partial charge in [-0.25, -0.2) is 4.39 Å².